The van der Waals surface area contributed by atoms with Crippen molar-refractivity contribution in [2.75, 3.05) is 7.11 Å². The lowest BCUT2D eigenvalue weighted by Crippen LogP contribution is -2.02. The summed E-state index contributed by atoms with van der Waals surface area (Å²) in [7, 11) is 1.55. The number of nitrogens with zero attached hydrogens (tertiary/aromatic N) is 1. The van der Waals surface area contributed by atoms with E-state index in [4.69, 9.17) is 9.47 Å². The van der Waals surface area contributed by atoms with Gasteiger partial charge in [0, 0.05) is 10.9 Å². The molecule has 2 aromatic heterocycles. The molecule has 2 heterocycles. The van der Waals surface area contributed by atoms with Gasteiger partial charge < -0.3 is 14.6 Å². The molecule has 0 aromatic carbocycles. The van der Waals surface area contributed by atoms with E-state index in [1.807, 2.05) is 12.1 Å². The minimum Gasteiger partial charge on any atom is -0.485 e. The first-order valence-electron chi connectivity index (χ1n) is 6.62. The van der Waals surface area contributed by atoms with E-state index in [0.717, 1.165) is 17.7 Å². The zero-order chi connectivity index (χ0) is 15.2. The van der Waals surface area contributed by atoms with Gasteiger partial charge in [-0.2, -0.15) is 0 Å². The highest BCUT2D eigenvalue weighted by Gasteiger charge is 2.16. The van der Waals surface area contributed by atoms with Crippen molar-refractivity contribution >= 4 is 17.3 Å². The molecule has 5 nitrogen and oxygen atoms in total. The van der Waals surface area contributed by atoms with Gasteiger partial charge in [-0.1, -0.05) is 19.4 Å². The molecule has 0 unspecified atom stereocenters. The smallest absolute Gasteiger partial charge is 0.349 e. The maximum Gasteiger partial charge on any atom is 0.349 e. The number of hydrogen-bond donors (Lipinski definition) is 1. The van der Waals surface area contributed by atoms with Crippen LogP contribution in [-0.4, -0.2) is 23.2 Å². The molecule has 21 heavy (non-hydrogen) atoms. The topological polar surface area (TPSA) is 68.7 Å². The third-order valence-electron chi connectivity index (χ3n) is 2.81. The summed E-state index contributed by atoms with van der Waals surface area (Å²) in [6.45, 7) is 2.26. The number of carboxylic acid groups (broad SMARTS) is 1. The molecule has 0 aliphatic rings. The molecule has 112 valence electrons. The zero-order valence-electron chi connectivity index (χ0n) is 12.0. The lowest BCUT2D eigenvalue weighted by Gasteiger charge is -2.06. The van der Waals surface area contributed by atoms with E-state index in [0.29, 0.717) is 17.3 Å². The minimum absolute atomic E-state index is 0.208. The molecule has 0 amide bonds. The van der Waals surface area contributed by atoms with Crippen LogP contribution in [0.15, 0.2) is 24.3 Å². The normalized spacial score (nSPS) is 10.4. The van der Waals surface area contributed by atoms with Crippen LogP contribution in [0.3, 0.4) is 0 Å². The largest absolute Gasteiger partial charge is 0.485 e. The SMILES string of the molecule is CCCc1cc(OCc2cccc(OC)n2)c(C(=O)O)s1. The number of ether oxygens (including phenoxy) is 2. The summed E-state index contributed by atoms with van der Waals surface area (Å²) in [5.74, 6) is -0.0527. The second-order valence-electron chi connectivity index (χ2n) is 4.42. The van der Waals surface area contributed by atoms with E-state index in [9.17, 15) is 9.90 Å². The number of thiophene rings is 1. The molecule has 2 rings (SSSR count). The molecular weight excluding hydrogens is 290 g/mol. The summed E-state index contributed by atoms with van der Waals surface area (Å²) < 4.78 is 10.7. The Morgan fingerprint density at radius 2 is 2.24 bits per heavy atom. The highest BCUT2D eigenvalue weighted by molar-refractivity contribution is 7.14. The molecule has 0 aliphatic carbocycles. The molecule has 2 aromatic rings. The molecule has 0 radical (unpaired) electrons. The van der Waals surface area contributed by atoms with Crippen LogP contribution in [0.25, 0.3) is 0 Å². The fourth-order valence-electron chi connectivity index (χ4n) is 1.85. The van der Waals surface area contributed by atoms with Crippen LogP contribution < -0.4 is 9.47 Å². The lowest BCUT2D eigenvalue weighted by atomic mass is 10.3. The Bertz CT molecular complexity index is 624. The van der Waals surface area contributed by atoms with Gasteiger partial charge in [0.1, 0.15) is 12.4 Å². The Hall–Kier alpha value is -2.08. The van der Waals surface area contributed by atoms with Crippen LogP contribution in [0.2, 0.25) is 0 Å². The third-order valence-corrected chi connectivity index (χ3v) is 3.97. The second-order valence-corrected chi connectivity index (χ2v) is 5.56. The Morgan fingerprint density at radius 3 is 2.90 bits per heavy atom. The van der Waals surface area contributed by atoms with Gasteiger partial charge in [-0.3, -0.25) is 0 Å². The summed E-state index contributed by atoms with van der Waals surface area (Å²) in [6, 6.07) is 7.18. The second kappa shape index (κ2) is 7.08. The Morgan fingerprint density at radius 1 is 1.43 bits per heavy atom. The maximum absolute atomic E-state index is 11.2. The first-order chi connectivity index (χ1) is 10.1. The Kier molecular flexibility index (Phi) is 5.16. The molecular formula is C15H17NO4S. The molecule has 0 aliphatic heterocycles. The van der Waals surface area contributed by atoms with Gasteiger partial charge in [0.25, 0.3) is 0 Å². The quantitative estimate of drug-likeness (QED) is 0.849. The summed E-state index contributed by atoms with van der Waals surface area (Å²) in [5, 5.41) is 9.22. The molecule has 0 saturated carbocycles. The average molecular weight is 307 g/mol. The molecule has 0 atom stereocenters. The van der Waals surface area contributed by atoms with Crippen molar-refractivity contribution < 1.29 is 19.4 Å². The number of aromatic nitrogens is 1. The number of rotatable bonds is 7. The van der Waals surface area contributed by atoms with Gasteiger partial charge in [0.05, 0.1) is 12.8 Å². The van der Waals surface area contributed by atoms with Gasteiger partial charge in [-0.15, -0.1) is 11.3 Å². The van der Waals surface area contributed by atoms with E-state index in [2.05, 4.69) is 11.9 Å². The van der Waals surface area contributed by atoms with Crippen LogP contribution in [0, 0.1) is 0 Å². The Labute approximate surface area is 127 Å². The number of pyridine rings is 1. The zero-order valence-corrected chi connectivity index (χ0v) is 12.8. The standard InChI is InChI=1S/C15H17NO4S/c1-3-5-11-8-12(14(21-11)15(17)18)20-9-10-6-4-7-13(16-10)19-2/h4,6-8H,3,5,9H2,1-2H3,(H,17,18). The van der Waals surface area contributed by atoms with Crippen LogP contribution in [0.4, 0.5) is 0 Å². The van der Waals surface area contributed by atoms with Crippen molar-refractivity contribution in [1.29, 1.82) is 0 Å². The van der Waals surface area contributed by atoms with Gasteiger partial charge in [0.2, 0.25) is 5.88 Å². The molecule has 0 spiro atoms. The van der Waals surface area contributed by atoms with Crippen molar-refractivity contribution in [1.82, 2.24) is 4.98 Å². The van der Waals surface area contributed by atoms with Crippen molar-refractivity contribution in [3.63, 3.8) is 0 Å². The highest BCUT2D eigenvalue weighted by atomic mass is 32.1. The van der Waals surface area contributed by atoms with Crippen LogP contribution in [-0.2, 0) is 13.0 Å². The highest BCUT2D eigenvalue weighted by Crippen LogP contribution is 2.31. The summed E-state index contributed by atoms with van der Waals surface area (Å²) in [6.07, 6.45) is 1.82. The molecule has 6 heteroatoms. The molecule has 0 saturated heterocycles. The van der Waals surface area contributed by atoms with Gasteiger partial charge in [0.15, 0.2) is 4.88 Å². The van der Waals surface area contributed by atoms with Crippen molar-refractivity contribution in [2.45, 2.75) is 26.4 Å². The van der Waals surface area contributed by atoms with E-state index in [1.165, 1.54) is 11.3 Å². The minimum atomic E-state index is -0.962. The molecule has 0 bridgehead atoms. The fourth-order valence-corrected chi connectivity index (χ4v) is 2.89. The number of aromatic carboxylic acids is 1. The van der Waals surface area contributed by atoms with E-state index < -0.39 is 5.97 Å². The summed E-state index contributed by atoms with van der Waals surface area (Å²) >= 11 is 1.27. The van der Waals surface area contributed by atoms with Gasteiger partial charge in [-0.05, 0) is 18.6 Å². The monoisotopic (exact) mass is 307 g/mol. The van der Waals surface area contributed by atoms with Gasteiger partial charge in [-0.25, -0.2) is 9.78 Å². The van der Waals surface area contributed by atoms with E-state index >= 15 is 0 Å². The van der Waals surface area contributed by atoms with Crippen molar-refractivity contribution in [2.24, 2.45) is 0 Å². The Balaban J connectivity index is 2.12. The third kappa shape index (κ3) is 3.95. The van der Waals surface area contributed by atoms with Crippen molar-refractivity contribution in [3.05, 3.63) is 39.7 Å². The van der Waals surface area contributed by atoms with Crippen LogP contribution >= 0.6 is 11.3 Å². The lowest BCUT2D eigenvalue weighted by molar-refractivity contribution is 0.0697. The van der Waals surface area contributed by atoms with Crippen molar-refractivity contribution in [3.8, 4) is 11.6 Å². The summed E-state index contributed by atoms with van der Waals surface area (Å²) in [5.41, 5.74) is 0.689. The maximum atomic E-state index is 11.2. The fraction of sp³-hybridized carbons (Fsp3) is 0.333. The molecule has 1 N–H and O–H groups in total. The van der Waals surface area contributed by atoms with E-state index in [-0.39, 0.29) is 11.5 Å². The predicted octanol–water partition coefficient (Wildman–Crippen LogP) is 3.38. The first-order valence-corrected chi connectivity index (χ1v) is 7.44. The van der Waals surface area contributed by atoms with Gasteiger partial charge >= 0.3 is 5.97 Å². The van der Waals surface area contributed by atoms with Crippen LogP contribution in [0.1, 0.15) is 33.6 Å². The average Bonchev–Trinajstić information content (AvgIpc) is 2.89. The first kappa shape index (κ1) is 15.3. The summed E-state index contributed by atoms with van der Waals surface area (Å²) in [4.78, 5) is 16.7. The number of hydrogen-bond acceptors (Lipinski definition) is 5. The number of carboxylic acids is 1. The number of methoxy groups -OCH3 is 1. The van der Waals surface area contributed by atoms with E-state index in [1.54, 1.807) is 19.2 Å². The number of carbonyl (C=O) groups is 1. The predicted molar refractivity (Wildman–Crippen MR) is 80.4 cm³/mol. The molecule has 0 fully saturated rings. The number of aryl methyl sites for hydroxylation is 1. The van der Waals surface area contributed by atoms with Crippen LogP contribution in [0.5, 0.6) is 11.6 Å².